The number of aliphatic hydroxyl groups excluding tert-OH is 2. The minimum Gasteiger partial charge on any atom is -0.462 e. The lowest BCUT2D eigenvalue weighted by Crippen LogP contribution is -2.68. The van der Waals surface area contributed by atoms with Crippen LogP contribution in [-0.2, 0) is 38.1 Å². The maximum absolute atomic E-state index is 12.8. The molecule has 2 unspecified atom stereocenters. The van der Waals surface area contributed by atoms with Gasteiger partial charge in [-0.05, 0) is 31.4 Å². The Bertz CT molecular complexity index is 1110. The quantitative estimate of drug-likeness (QED) is 0.208. The van der Waals surface area contributed by atoms with E-state index in [2.05, 4.69) is 0 Å². The predicted molar refractivity (Wildman–Crippen MR) is 127 cm³/mol. The highest BCUT2D eigenvalue weighted by atomic mass is 16.6. The molecule has 0 aromatic carbocycles. The lowest BCUT2D eigenvalue weighted by molar-refractivity contribution is -0.238. The van der Waals surface area contributed by atoms with Crippen molar-refractivity contribution in [2.75, 3.05) is 19.8 Å². The fourth-order valence-electron chi connectivity index (χ4n) is 6.45. The van der Waals surface area contributed by atoms with Crippen molar-refractivity contribution in [1.29, 1.82) is 0 Å². The second-order valence-corrected chi connectivity index (χ2v) is 10.7. The molecule has 3 fully saturated rings. The van der Waals surface area contributed by atoms with Gasteiger partial charge in [0, 0.05) is 30.1 Å². The average molecular weight is 517 g/mol. The van der Waals surface area contributed by atoms with Gasteiger partial charge in [0.2, 0.25) is 0 Å². The molecule has 0 aromatic rings. The molecule has 10 heteroatoms. The van der Waals surface area contributed by atoms with Crippen LogP contribution in [0.4, 0.5) is 0 Å². The smallest absolute Gasteiger partial charge is 0.331 e. The molecule has 5 rings (SSSR count). The first-order valence-electron chi connectivity index (χ1n) is 12.4. The van der Waals surface area contributed by atoms with Gasteiger partial charge in [0.15, 0.2) is 0 Å². The fourth-order valence-corrected chi connectivity index (χ4v) is 6.45. The molecule has 0 radical (unpaired) electrons. The van der Waals surface area contributed by atoms with E-state index in [0.29, 0.717) is 13.0 Å². The molecular formula is C27H32O10. The number of esters is 3. The number of ether oxygens (including phenoxy) is 5. The van der Waals surface area contributed by atoms with Crippen molar-refractivity contribution in [1.82, 2.24) is 0 Å². The van der Waals surface area contributed by atoms with Crippen LogP contribution in [0.15, 0.2) is 47.6 Å². The fraction of sp³-hybridized carbons (Fsp3) is 0.593. The van der Waals surface area contributed by atoms with Crippen molar-refractivity contribution in [3.8, 4) is 0 Å². The van der Waals surface area contributed by atoms with Gasteiger partial charge < -0.3 is 33.9 Å². The first-order chi connectivity index (χ1) is 17.5. The Labute approximate surface area is 214 Å². The van der Waals surface area contributed by atoms with Crippen molar-refractivity contribution in [2.24, 2.45) is 10.8 Å². The molecule has 2 saturated heterocycles. The van der Waals surface area contributed by atoms with E-state index in [1.807, 2.05) is 19.9 Å². The largest absolute Gasteiger partial charge is 0.462 e. The maximum atomic E-state index is 12.8. The van der Waals surface area contributed by atoms with Crippen molar-refractivity contribution in [3.63, 3.8) is 0 Å². The van der Waals surface area contributed by atoms with Crippen molar-refractivity contribution < 1.29 is 48.3 Å². The third-order valence-electron chi connectivity index (χ3n) is 8.87. The molecule has 10 nitrogen and oxygen atoms in total. The number of hydrogen-bond donors (Lipinski definition) is 2. The van der Waals surface area contributed by atoms with Crippen LogP contribution in [0.25, 0.3) is 0 Å². The molecule has 2 bridgehead atoms. The van der Waals surface area contributed by atoms with E-state index >= 15 is 0 Å². The number of hydrogen-bond acceptors (Lipinski definition) is 10. The van der Waals surface area contributed by atoms with E-state index in [-0.39, 0.29) is 31.3 Å². The number of carbonyl (C=O) groups excluding carboxylic acids is 3. The minimum atomic E-state index is -1.21. The molecule has 37 heavy (non-hydrogen) atoms. The molecule has 5 aliphatic rings. The van der Waals surface area contributed by atoms with Crippen LogP contribution in [0.1, 0.15) is 33.6 Å². The molecule has 0 amide bonds. The highest BCUT2D eigenvalue weighted by Crippen LogP contribution is 2.72. The lowest BCUT2D eigenvalue weighted by atomic mass is 9.51. The minimum absolute atomic E-state index is 0.132. The number of aliphatic hydroxyl groups is 2. The van der Waals surface area contributed by atoms with Gasteiger partial charge >= 0.3 is 17.9 Å². The zero-order valence-electron chi connectivity index (χ0n) is 21.0. The zero-order chi connectivity index (χ0) is 26.6. The molecule has 0 aromatic heterocycles. The third-order valence-corrected chi connectivity index (χ3v) is 8.87. The van der Waals surface area contributed by atoms with Gasteiger partial charge in [0.25, 0.3) is 0 Å². The Kier molecular flexibility index (Phi) is 6.42. The van der Waals surface area contributed by atoms with Crippen LogP contribution in [0.3, 0.4) is 0 Å². The summed E-state index contributed by atoms with van der Waals surface area (Å²) in [7, 11) is 0. The number of rotatable bonds is 0. The molecule has 2 aliphatic carbocycles. The summed E-state index contributed by atoms with van der Waals surface area (Å²) in [4.78, 5) is 37.5. The third kappa shape index (κ3) is 4.06. The van der Waals surface area contributed by atoms with Crippen LogP contribution < -0.4 is 0 Å². The van der Waals surface area contributed by atoms with E-state index in [1.165, 1.54) is 25.2 Å². The second kappa shape index (κ2) is 9.20. The Morgan fingerprint density at radius 3 is 2.30 bits per heavy atom. The first-order valence-corrected chi connectivity index (χ1v) is 12.4. The Hall–Kier alpha value is -2.79. The Morgan fingerprint density at radius 2 is 1.59 bits per heavy atom. The molecule has 2 N–H and O–H groups in total. The summed E-state index contributed by atoms with van der Waals surface area (Å²) >= 11 is 0. The van der Waals surface area contributed by atoms with E-state index in [4.69, 9.17) is 23.7 Å². The van der Waals surface area contributed by atoms with E-state index in [1.54, 1.807) is 0 Å². The first kappa shape index (κ1) is 25.8. The summed E-state index contributed by atoms with van der Waals surface area (Å²) in [6.07, 6.45) is 5.13. The van der Waals surface area contributed by atoms with E-state index in [0.717, 1.165) is 17.7 Å². The molecular weight excluding hydrogens is 484 g/mol. The normalized spacial score (nSPS) is 47.2. The second-order valence-electron chi connectivity index (χ2n) is 10.7. The maximum Gasteiger partial charge on any atom is 0.331 e. The summed E-state index contributed by atoms with van der Waals surface area (Å²) in [5, 5.41) is 21.3. The Balaban J connectivity index is 1.56. The summed E-state index contributed by atoms with van der Waals surface area (Å²) in [5.74, 6) is -2.04. The van der Waals surface area contributed by atoms with Gasteiger partial charge in [-0.2, -0.15) is 0 Å². The zero-order valence-corrected chi connectivity index (χ0v) is 21.0. The monoisotopic (exact) mass is 516 g/mol. The van der Waals surface area contributed by atoms with Crippen LogP contribution in [0, 0.1) is 10.8 Å². The number of epoxide rings is 1. The van der Waals surface area contributed by atoms with Crippen molar-refractivity contribution in [2.45, 2.75) is 69.7 Å². The molecule has 8 atom stereocenters. The van der Waals surface area contributed by atoms with Crippen molar-refractivity contribution >= 4 is 17.9 Å². The van der Waals surface area contributed by atoms with Crippen LogP contribution >= 0.6 is 0 Å². The highest BCUT2D eigenvalue weighted by Gasteiger charge is 2.83. The summed E-state index contributed by atoms with van der Waals surface area (Å²) in [5.41, 5.74) is -1.53. The predicted octanol–water partition coefficient (Wildman–Crippen LogP) is 1.06. The summed E-state index contributed by atoms with van der Waals surface area (Å²) in [6, 6.07) is 0. The van der Waals surface area contributed by atoms with E-state index < -0.39 is 58.8 Å². The SMILES string of the molecule is CC1=C[C@H]2O[C@@H]3C[C@H]4OC(=O)/C=C\C=C\C(=O)OCC(O)/C(C)=C/C(=O)OC[C@@]2(C[C@H]1O)[C@]4(C)C31CO1. The highest BCUT2D eigenvalue weighted by molar-refractivity contribution is 5.85. The summed E-state index contributed by atoms with van der Waals surface area (Å²) in [6.45, 7) is 5.23. The van der Waals surface area contributed by atoms with Gasteiger partial charge in [-0.25, -0.2) is 14.4 Å². The topological polar surface area (TPSA) is 141 Å². The van der Waals surface area contributed by atoms with Crippen LogP contribution in [0.5, 0.6) is 0 Å². The number of cyclic esters (lactones) is 2. The lowest BCUT2D eigenvalue weighted by Gasteiger charge is -2.58. The molecule has 200 valence electrons. The van der Waals surface area contributed by atoms with Gasteiger partial charge in [0.05, 0.1) is 30.3 Å². The van der Waals surface area contributed by atoms with Crippen LogP contribution in [0.2, 0.25) is 0 Å². The van der Waals surface area contributed by atoms with Gasteiger partial charge in [0.1, 0.15) is 31.0 Å². The summed E-state index contributed by atoms with van der Waals surface area (Å²) < 4.78 is 29.2. The molecule has 3 aliphatic heterocycles. The van der Waals surface area contributed by atoms with Gasteiger partial charge in [-0.15, -0.1) is 0 Å². The van der Waals surface area contributed by atoms with Crippen LogP contribution in [-0.4, -0.2) is 84.1 Å². The number of allylic oxidation sites excluding steroid dienone is 2. The Morgan fingerprint density at radius 1 is 0.892 bits per heavy atom. The number of carbonyl (C=O) groups is 3. The van der Waals surface area contributed by atoms with Gasteiger partial charge in [-0.3, -0.25) is 0 Å². The van der Waals surface area contributed by atoms with E-state index in [9.17, 15) is 24.6 Å². The standard InChI is InChI=1S/C27H32O10/c1-15-8-20-26(11-17(15)28)13-34-24(32)9-16(2)18(29)12-33-22(30)6-4-5-7-23(31)37-19-10-21(36-20)27(14-35-27)25(19,26)3/h4-9,17-21,28-29H,10-14H2,1-3H3/b6-4+,7-5-,16-9+/t17-,18?,19-,20-,21-,25-,26-,27?/m1/s1. The van der Waals surface area contributed by atoms with Crippen molar-refractivity contribution in [3.05, 3.63) is 47.6 Å². The molecule has 2 spiro atoms. The molecule has 1 saturated carbocycles. The molecule has 3 heterocycles. The van der Waals surface area contributed by atoms with Gasteiger partial charge in [-0.1, -0.05) is 25.2 Å². The average Bonchev–Trinajstić information content (AvgIpc) is 3.63.